The number of carbonyl (C=O) groups excluding carboxylic acids is 1. The lowest BCUT2D eigenvalue weighted by atomic mass is 10.0. The number of nitrogens with zero attached hydrogens (tertiary/aromatic N) is 1. The molecule has 0 saturated heterocycles. The van der Waals surface area contributed by atoms with Crippen molar-refractivity contribution in [3.63, 3.8) is 0 Å². The number of carbonyl (C=O) groups is 1. The molecule has 0 aliphatic carbocycles. The van der Waals surface area contributed by atoms with Crippen molar-refractivity contribution >= 4 is 5.91 Å². The topological polar surface area (TPSA) is 52.6 Å². The maximum atomic E-state index is 11.9. The molecule has 174 valence electrons. The summed E-state index contributed by atoms with van der Waals surface area (Å²) in [5.41, 5.74) is 0. The van der Waals surface area contributed by atoms with Gasteiger partial charge in [0, 0.05) is 26.1 Å². The van der Waals surface area contributed by atoms with Gasteiger partial charge in [-0.05, 0) is 38.8 Å². The SMILES string of the molecule is CCCCCCCCCCCCCCCC(=O)NCCCN(CCC)CCCO. The molecule has 4 nitrogen and oxygen atoms in total. The second kappa shape index (κ2) is 23.7. The largest absolute Gasteiger partial charge is 0.396 e. The van der Waals surface area contributed by atoms with Crippen molar-refractivity contribution in [2.75, 3.05) is 32.8 Å². The highest BCUT2D eigenvalue weighted by atomic mass is 16.3. The molecule has 0 aromatic carbocycles. The van der Waals surface area contributed by atoms with Crippen LogP contribution in [0.15, 0.2) is 0 Å². The van der Waals surface area contributed by atoms with E-state index in [1.165, 1.54) is 77.0 Å². The summed E-state index contributed by atoms with van der Waals surface area (Å²) in [5, 5.41) is 12.0. The van der Waals surface area contributed by atoms with Crippen molar-refractivity contribution in [3.05, 3.63) is 0 Å². The van der Waals surface area contributed by atoms with E-state index < -0.39 is 0 Å². The van der Waals surface area contributed by atoms with E-state index >= 15 is 0 Å². The Kier molecular flexibility index (Phi) is 23.2. The van der Waals surface area contributed by atoms with Crippen LogP contribution in [0, 0.1) is 0 Å². The van der Waals surface area contributed by atoms with Crippen LogP contribution in [0.5, 0.6) is 0 Å². The highest BCUT2D eigenvalue weighted by Crippen LogP contribution is 2.12. The van der Waals surface area contributed by atoms with E-state index in [-0.39, 0.29) is 12.5 Å². The zero-order valence-corrected chi connectivity index (χ0v) is 19.9. The van der Waals surface area contributed by atoms with Gasteiger partial charge in [-0.2, -0.15) is 0 Å². The molecule has 0 aliphatic rings. The minimum atomic E-state index is 0.213. The number of nitrogens with one attached hydrogen (secondary N) is 1. The molecule has 0 spiro atoms. The van der Waals surface area contributed by atoms with E-state index in [9.17, 15) is 4.79 Å². The molecule has 0 radical (unpaired) electrons. The van der Waals surface area contributed by atoms with Crippen molar-refractivity contribution in [2.45, 2.75) is 123 Å². The zero-order valence-electron chi connectivity index (χ0n) is 19.9. The summed E-state index contributed by atoms with van der Waals surface area (Å²) in [6.45, 7) is 8.53. The Balaban J connectivity index is 3.35. The van der Waals surface area contributed by atoms with Gasteiger partial charge < -0.3 is 15.3 Å². The standard InChI is InChI=1S/C25H52N2O2/c1-3-5-6-7-8-9-10-11-12-13-14-15-16-19-25(29)26-20-17-22-27(21-4-2)23-18-24-28/h28H,3-24H2,1-2H3,(H,26,29). The Labute approximate surface area is 182 Å². The molecule has 0 bridgehead atoms. The van der Waals surface area contributed by atoms with Gasteiger partial charge in [0.25, 0.3) is 0 Å². The molecule has 0 atom stereocenters. The quantitative estimate of drug-likeness (QED) is 0.200. The van der Waals surface area contributed by atoms with Gasteiger partial charge in [-0.15, -0.1) is 0 Å². The van der Waals surface area contributed by atoms with E-state index in [0.717, 1.165) is 51.9 Å². The summed E-state index contributed by atoms with van der Waals surface area (Å²) in [7, 11) is 0. The van der Waals surface area contributed by atoms with E-state index in [1.807, 2.05) is 0 Å². The second-order valence-electron chi connectivity index (χ2n) is 8.61. The molecule has 2 N–H and O–H groups in total. The number of rotatable bonds is 23. The van der Waals surface area contributed by atoms with Gasteiger partial charge in [-0.25, -0.2) is 0 Å². The predicted molar refractivity (Wildman–Crippen MR) is 126 cm³/mol. The highest BCUT2D eigenvalue weighted by molar-refractivity contribution is 5.75. The molecular weight excluding hydrogens is 360 g/mol. The van der Waals surface area contributed by atoms with Crippen molar-refractivity contribution in [2.24, 2.45) is 0 Å². The molecule has 0 rings (SSSR count). The third kappa shape index (κ3) is 21.9. The number of aliphatic hydroxyl groups excluding tert-OH is 1. The van der Waals surface area contributed by atoms with Gasteiger partial charge in [0.15, 0.2) is 0 Å². The number of amides is 1. The Bertz CT molecular complexity index is 337. The summed E-state index contributed by atoms with van der Waals surface area (Å²) in [6, 6.07) is 0. The second-order valence-corrected chi connectivity index (χ2v) is 8.61. The van der Waals surface area contributed by atoms with Crippen LogP contribution >= 0.6 is 0 Å². The number of unbranched alkanes of at least 4 members (excludes halogenated alkanes) is 12. The average molecular weight is 413 g/mol. The fourth-order valence-corrected chi connectivity index (χ4v) is 3.87. The first-order valence-electron chi connectivity index (χ1n) is 12.8. The van der Waals surface area contributed by atoms with Gasteiger partial charge in [0.2, 0.25) is 5.91 Å². The van der Waals surface area contributed by atoms with Gasteiger partial charge in [-0.3, -0.25) is 4.79 Å². The van der Waals surface area contributed by atoms with Gasteiger partial charge in [0.1, 0.15) is 0 Å². The predicted octanol–water partition coefficient (Wildman–Crippen LogP) is 6.07. The smallest absolute Gasteiger partial charge is 0.219 e. The minimum absolute atomic E-state index is 0.213. The summed E-state index contributed by atoms with van der Waals surface area (Å²) >= 11 is 0. The van der Waals surface area contributed by atoms with E-state index in [0.29, 0.717) is 6.42 Å². The van der Waals surface area contributed by atoms with Crippen molar-refractivity contribution < 1.29 is 9.90 Å². The van der Waals surface area contributed by atoms with Gasteiger partial charge >= 0.3 is 0 Å². The molecule has 0 saturated carbocycles. The first-order valence-corrected chi connectivity index (χ1v) is 12.8. The Morgan fingerprint density at radius 3 is 1.69 bits per heavy atom. The van der Waals surface area contributed by atoms with Crippen LogP contribution in [0.2, 0.25) is 0 Å². The molecule has 0 fully saturated rings. The Morgan fingerprint density at radius 1 is 0.655 bits per heavy atom. The van der Waals surface area contributed by atoms with Crippen LogP contribution in [0.1, 0.15) is 123 Å². The third-order valence-electron chi connectivity index (χ3n) is 5.65. The van der Waals surface area contributed by atoms with Crippen LogP contribution in [0.4, 0.5) is 0 Å². The molecule has 0 heterocycles. The van der Waals surface area contributed by atoms with Crippen molar-refractivity contribution in [3.8, 4) is 0 Å². The Morgan fingerprint density at radius 2 is 1.17 bits per heavy atom. The molecule has 0 aromatic rings. The fourth-order valence-electron chi connectivity index (χ4n) is 3.87. The maximum Gasteiger partial charge on any atom is 0.219 e. The van der Waals surface area contributed by atoms with E-state index in [1.54, 1.807) is 0 Å². The fraction of sp³-hybridized carbons (Fsp3) is 0.960. The van der Waals surface area contributed by atoms with Crippen LogP contribution in [-0.4, -0.2) is 48.7 Å². The van der Waals surface area contributed by atoms with Crippen LogP contribution in [0.25, 0.3) is 0 Å². The average Bonchev–Trinajstić information content (AvgIpc) is 2.72. The number of aliphatic hydroxyl groups is 1. The molecule has 1 amide bonds. The van der Waals surface area contributed by atoms with Gasteiger partial charge in [0.05, 0.1) is 0 Å². The lowest BCUT2D eigenvalue weighted by Crippen LogP contribution is -2.31. The van der Waals surface area contributed by atoms with Crippen LogP contribution in [-0.2, 0) is 4.79 Å². The molecule has 0 aromatic heterocycles. The first kappa shape index (κ1) is 28.4. The Hall–Kier alpha value is -0.610. The molecule has 4 heteroatoms. The molecule has 0 unspecified atom stereocenters. The normalized spacial score (nSPS) is 11.3. The lowest BCUT2D eigenvalue weighted by Gasteiger charge is -2.21. The number of hydrogen-bond acceptors (Lipinski definition) is 3. The number of hydrogen-bond donors (Lipinski definition) is 2. The summed E-state index contributed by atoms with van der Waals surface area (Å²) in [6.07, 6.45) is 21.1. The monoisotopic (exact) mass is 412 g/mol. The zero-order chi connectivity index (χ0) is 21.4. The highest BCUT2D eigenvalue weighted by Gasteiger charge is 2.04. The van der Waals surface area contributed by atoms with Crippen LogP contribution in [0.3, 0.4) is 0 Å². The summed E-state index contributed by atoms with van der Waals surface area (Å²) in [4.78, 5) is 14.3. The van der Waals surface area contributed by atoms with Crippen LogP contribution < -0.4 is 5.32 Å². The minimum Gasteiger partial charge on any atom is -0.396 e. The van der Waals surface area contributed by atoms with E-state index in [4.69, 9.17) is 5.11 Å². The van der Waals surface area contributed by atoms with E-state index in [2.05, 4.69) is 24.1 Å². The maximum absolute atomic E-state index is 11.9. The summed E-state index contributed by atoms with van der Waals surface area (Å²) in [5.74, 6) is 0.213. The molecule has 29 heavy (non-hydrogen) atoms. The lowest BCUT2D eigenvalue weighted by molar-refractivity contribution is -0.121. The molecule has 0 aliphatic heterocycles. The van der Waals surface area contributed by atoms with Crippen molar-refractivity contribution in [1.82, 2.24) is 10.2 Å². The van der Waals surface area contributed by atoms with Crippen molar-refractivity contribution in [1.29, 1.82) is 0 Å². The van der Waals surface area contributed by atoms with Gasteiger partial charge in [-0.1, -0.05) is 90.9 Å². The summed E-state index contributed by atoms with van der Waals surface area (Å²) < 4.78 is 0. The first-order chi connectivity index (χ1) is 14.2. The third-order valence-corrected chi connectivity index (χ3v) is 5.65. The molecular formula is C25H52N2O2.